The molecule has 1 saturated heterocycles. The van der Waals surface area contributed by atoms with Crippen molar-refractivity contribution in [1.82, 2.24) is 10.2 Å². The van der Waals surface area contributed by atoms with Crippen LogP contribution in [0, 0.1) is 11.3 Å². The first-order valence-corrected chi connectivity index (χ1v) is 7.19. The summed E-state index contributed by atoms with van der Waals surface area (Å²) in [5.74, 6) is 0. The van der Waals surface area contributed by atoms with Crippen LogP contribution >= 0.6 is 0 Å². The van der Waals surface area contributed by atoms with E-state index in [4.69, 9.17) is 5.26 Å². The van der Waals surface area contributed by atoms with Gasteiger partial charge in [-0.15, -0.1) is 0 Å². The van der Waals surface area contributed by atoms with Gasteiger partial charge in [-0.1, -0.05) is 36.4 Å². The van der Waals surface area contributed by atoms with Gasteiger partial charge in [0.25, 0.3) is 0 Å². The van der Waals surface area contributed by atoms with Crippen molar-refractivity contribution in [3.05, 3.63) is 48.0 Å². The molecule has 1 atom stereocenters. The summed E-state index contributed by atoms with van der Waals surface area (Å²) in [6.07, 6.45) is 0.554. The molecule has 1 aliphatic rings. The van der Waals surface area contributed by atoms with E-state index in [2.05, 4.69) is 58.8 Å². The van der Waals surface area contributed by atoms with Crippen molar-refractivity contribution in [2.24, 2.45) is 0 Å². The second kappa shape index (κ2) is 6.04. The lowest BCUT2D eigenvalue weighted by Crippen LogP contribution is -2.45. The van der Waals surface area contributed by atoms with Crippen LogP contribution in [0.15, 0.2) is 42.5 Å². The summed E-state index contributed by atoms with van der Waals surface area (Å²) in [7, 11) is 0. The highest BCUT2D eigenvalue weighted by Crippen LogP contribution is 2.27. The molecule has 1 N–H and O–H groups in total. The van der Waals surface area contributed by atoms with Crippen LogP contribution in [-0.4, -0.2) is 31.1 Å². The van der Waals surface area contributed by atoms with Crippen LogP contribution < -0.4 is 5.32 Å². The molecule has 0 radical (unpaired) electrons. The van der Waals surface area contributed by atoms with E-state index in [1.807, 2.05) is 0 Å². The summed E-state index contributed by atoms with van der Waals surface area (Å²) in [6, 6.07) is 17.5. The Bertz CT molecular complexity index is 623. The van der Waals surface area contributed by atoms with Gasteiger partial charge in [0.05, 0.1) is 12.5 Å². The van der Waals surface area contributed by atoms with Crippen LogP contribution in [0.5, 0.6) is 0 Å². The molecule has 0 unspecified atom stereocenters. The average molecular weight is 265 g/mol. The molecular weight excluding hydrogens is 246 g/mol. The van der Waals surface area contributed by atoms with Crippen LogP contribution in [0.4, 0.5) is 0 Å². The summed E-state index contributed by atoms with van der Waals surface area (Å²) in [5.41, 5.74) is 1.26. The van der Waals surface area contributed by atoms with Crippen molar-refractivity contribution in [1.29, 1.82) is 5.26 Å². The standard InChI is InChI=1S/C17H19N3/c18-8-7-17(20-11-9-19-10-12-20)16-6-5-14-3-1-2-4-15(14)13-16/h1-6,13,17,19H,7,9-12H2/t17-/m0/s1. The highest BCUT2D eigenvalue weighted by atomic mass is 15.2. The summed E-state index contributed by atoms with van der Waals surface area (Å²) in [5, 5.41) is 15.0. The Balaban J connectivity index is 1.93. The van der Waals surface area contributed by atoms with Crippen molar-refractivity contribution in [2.45, 2.75) is 12.5 Å². The topological polar surface area (TPSA) is 39.1 Å². The van der Waals surface area contributed by atoms with Crippen LogP contribution in [0.25, 0.3) is 10.8 Å². The Hall–Kier alpha value is -1.89. The lowest BCUT2D eigenvalue weighted by atomic mass is 9.98. The molecule has 3 rings (SSSR count). The van der Waals surface area contributed by atoms with E-state index >= 15 is 0 Å². The number of hydrogen-bond acceptors (Lipinski definition) is 3. The molecule has 2 aromatic carbocycles. The van der Waals surface area contributed by atoms with Crippen molar-refractivity contribution < 1.29 is 0 Å². The van der Waals surface area contributed by atoms with Crippen molar-refractivity contribution in [3.8, 4) is 6.07 Å². The van der Waals surface area contributed by atoms with Crippen LogP contribution in [0.1, 0.15) is 18.0 Å². The van der Waals surface area contributed by atoms with Gasteiger partial charge >= 0.3 is 0 Å². The number of hydrogen-bond donors (Lipinski definition) is 1. The molecule has 102 valence electrons. The Labute approximate surface area is 119 Å². The monoisotopic (exact) mass is 265 g/mol. The van der Waals surface area contributed by atoms with Crippen LogP contribution in [-0.2, 0) is 0 Å². The third-order valence-electron chi connectivity index (χ3n) is 4.04. The second-order valence-electron chi connectivity index (χ2n) is 5.27. The lowest BCUT2D eigenvalue weighted by Gasteiger charge is -2.34. The van der Waals surface area contributed by atoms with E-state index in [1.165, 1.54) is 16.3 Å². The average Bonchev–Trinajstić information content (AvgIpc) is 2.53. The predicted molar refractivity (Wildman–Crippen MR) is 81.4 cm³/mol. The summed E-state index contributed by atoms with van der Waals surface area (Å²) in [6.45, 7) is 4.05. The van der Waals surface area contributed by atoms with Crippen LogP contribution in [0.2, 0.25) is 0 Å². The predicted octanol–water partition coefficient (Wildman–Crippen LogP) is 2.70. The van der Waals surface area contributed by atoms with Gasteiger partial charge in [0.2, 0.25) is 0 Å². The van der Waals surface area contributed by atoms with Gasteiger partial charge in [0.15, 0.2) is 0 Å². The molecule has 2 aromatic rings. The summed E-state index contributed by atoms with van der Waals surface area (Å²) in [4.78, 5) is 2.42. The molecule has 3 nitrogen and oxygen atoms in total. The maximum atomic E-state index is 9.15. The zero-order chi connectivity index (χ0) is 13.8. The quantitative estimate of drug-likeness (QED) is 0.927. The Morgan fingerprint density at radius 3 is 2.60 bits per heavy atom. The number of fused-ring (bicyclic) bond motifs is 1. The van der Waals surface area contributed by atoms with Gasteiger partial charge in [-0.05, 0) is 22.4 Å². The SMILES string of the molecule is N#CC[C@@H](c1ccc2ccccc2c1)N1CCNCC1. The molecule has 1 heterocycles. The van der Waals surface area contributed by atoms with E-state index in [-0.39, 0.29) is 6.04 Å². The largest absolute Gasteiger partial charge is 0.314 e. The van der Waals surface area contributed by atoms with Gasteiger partial charge in [-0.2, -0.15) is 5.26 Å². The lowest BCUT2D eigenvalue weighted by molar-refractivity contribution is 0.176. The Morgan fingerprint density at radius 2 is 1.85 bits per heavy atom. The van der Waals surface area contributed by atoms with Gasteiger partial charge in [0, 0.05) is 32.2 Å². The van der Waals surface area contributed by atoms with Crippen molar-refractivity contribution >= 4 is 10.8 Å². The first-order chi connectivity index (χ1) is 9.88. The number of nitrogens with one attached hydrogen (secondary N) is 1. The molecule has 0 aliphatic carbocycles. The van der Waals surface area contributed by atoms with Crippen molar-refractivity contribution in [2.75, 3.05) is 26.2 Å². The molecule has 1 aliphatic heterocycles. The summed E-state index contributed by atoms with van der Waals surface area (Å²) < 4.78 is 0. The Kier molecular flexibility index (Phi) is 3.96. The molecular formula is C17H19N3. The minimum atomic E-state index is 0.215. The number of benzene rings is 2. The molecule has 3 heteroatoms. The van der Waals surface area contributed by atoms with E-state index in [1.54, 1.807) is 0 Å². The molecule has 0 aromatic heterocycles. The van der Waals surface area contributed by atoms with E-state index < -0.39 is 0 Å². The van der Waals surface area contributed by atoms with E-state index in [9.17, 15) is 0 Å². The number of rotatable bonds is 3. The molecule has 0 saturated carbocycles. The maximum Gasteiger partial charge on any atom is 0.0641 e. The van der Waals surface area contributed by atoms with Crippen LogP contribution in [0.3, 0.4) is 0 Å². The molecule has 0 amide bonds. The Morgan fingerprint density at radius 1 is 1.10 bits per heavy atom. The van der Waals surface area contributed by atoms with Crippen molar-refractivity contribution in [3.63, 3.8) is 0 Å². The first-order valence-electron chi connectivity index (χ1n) is 7.19. The fourth-order valence-electron chi connectivity index (χ4n) is 2.95. The highest BCUT2D eigenvalue weighted by Gasteiger charge is 2.21. The highest BCUT2D eigenvalue weighted by molar-refractivity contribution is 5.83. The fraction of sp³-hybridized carbons (Fsp3) is 0.353. The zero-order valence-corrected chi connectivity index (χ0v) is 11.5. The third-order valence-corrected chi connectivity index (χ3v) is 4.04. The van der Waals surface area contributed by atoms with Gasteiger partial charge in [0.1, 0.15) is 0 Å². The van der Waals surface area contributed by atoms with E-state index in [0.717, 1.165) is 26.2 Å². The van der Waals surface area contributed by atoms with Gasteiger partial charge < -0.3 is 5.32 Å². The normalized spacial score (nSPS) is 17.8. The maximum absolute atomic E-state index is 9.15. The van der Waals surface area contributed by atoms with Gasteiger partial charge in [-0.25, -0.2) is 0 Å². The van der Waals surface area contributed by atoms with Gasteiger partial charge in [-0.3, -0.25) is 4.90 Å². The molecule has 0 bridgehead atoms. The minimum Gasteiger partial charge on any atom is -0.314 e. The first kappa shape index (κ1) is 13.1. The fourth-order valence-corrected chi connectivity index (χ4v) is 2.95. The molecule has 0 spiro atoms. The minimum absolute atomic E-state index is 0.215. The molecule has 20 heavy (non-hydrogen) atoms. The third kappa shape index (κ3) is 2.67. The molecule has 1 fully saturated rings. The number of nitrogens with zero attached hydrogens (tertiary/aromatic N) is 2. The second-order valence-corrected chi connectivity index (χ2v) is 5.27. The smallest absolute Gasteiger partial charge is 0.0641 e. The summed E-state index contributed by atoms with van der Waals surface area (Å²) >= 11 is 0. The zero-order valence-electron chi connectivity index (χ0n) is 11.5. The van der Waals surface area contributed by atoms with E-state index in [0.29, 0.717) is 6.42 Å². The number of piperazine rings is 1. The number of nitriles is 1.